The maximum absolute atomic E-state index is 9.97. The van der Waals surface area contributed by atoms with Crippen LogP contribution in [0.1, 0.15) is 22.7 Å². The van der Waals surface area contributed by atoms with Gasteiger partial charge in [0.1, 0.15) is 6.10 Å². The lowest BCUT2D eigenvalue weighted by Gasteiger charge is -2.27. The average molecular weight is 347 g/mol. The Hall–Kier alpha value is -2.46. The molecule has 26 heavy (non-hydrogen) atoms. The molecule has 3 rings (SSSR count). The summed E-state index contributed by atoms with van der Waals surface area (Å²) in [6.45, 7) is 1.14. The van der Waals surface area contributed by atoms with Crippen molar-refractivity contribution in [2.45, 2.75) is 25.3 Å². The molecular weight excluding hydrogens is 322 g/mol. The van der Waals surface area contributed by atoms with Gasteiger partial charge in [0.05, 0.1) is 19.3 Å². The summed E-state index contributed by atoms with van der Waals surface area (Å²) < 4.78 is 6.07. The van der Waals surface area contributed by atoms with Gasteiger partial charge in [-0.25, -0.2) is 0 Å². The van der Waals surface area contributed by atoms with E-state index < -0.39 is 0 Å². The Kier molecular flexibility index (Phi) is 6.96. The molecule has 3 nitrogen and oxygen atoms in total. The third-order valence-corrected chi connectivity index (χ3v) is 4.39. The van der Waals surface area contributed by atoms with Crippen molar-refractivity contribution in [3.8, 4) is 0 Å². The lowest BCUT2D eigenvalue weighted by atomic mass is 10.0. The molecule has 3 aromatic rings. The summed E-state index contributed by atoms with van der Waals surface area (Å²) in [6.07, 6.45) is -0.332. The Morgan fingerprint density at radius 3 is 1.85 bits per heavy atom. The van der Waals surface area contributed by atoms with E-state index in [2.05, 4.69) is 29.6 Å². The van der Waals surface area contributed by atoms with Gasteiger partial charge >= 0.3 is 0 Å². The predicted octanol–water partition coefficient (Wildman–Crippen LogP) is 4.10. The van der Waals surface area contributed by atoms with Gasteiger partial charge in [-0.15, -0.1) is 0 Å². The number of aliphatic hydroxyl groups excluding tert-OH is 1. The fraction of sp³-hybridized carbons (Fsp3) is 0.217. The van der Waals surface area contributed by atoms with E-state index in [1.165, 1.54) is 5.56 Å². The number of hydrogen-bond acceptors (Lipinski definition) is 3. The van der Waals surface area contributed by atoms with Crippen LogP contribution in [-0.2, 0) is 17.9 Å². The number of benzene rings is 3. The number of aliphatic hydroxyl groups is 1. The Balaban J connectivity index is 1.72. The second-order valence-electron chi connectivity index (χ2n) is 6.27. The molecule has 0 aromatic heterocycles. The summed E-state index contributed by atoms with van der Waals surface area (Å²) in [5.74, 6) is 0. The van der Waals surface area contributed by atoms with Gasteiger partial charge in [-0.3, -0.25) is 0 Å². The van der Waals surface area contributed by atoms with Crippen LogP contribution in [0.3, 0.4) is 0 Å². The Bertz CT molecular complexity index is 747. The first-order valence-corrected chi connectivity index (χ1v) is 8.95. The highest BCUT2D eigenvalue weighted by Crippen LogP contribution is 2.21. The molecule has 0 spiro atoms. The third kappa shape index (κ3) is 5.27. The van der Waals surface area contributed by atoms with E-state index in [1.807, 2.05) is 66.7 Å². The highest BCUT2D eigenvalue weighted by Gasteiger charge is 2.23. The largest absolute Gasteiger partial charge is 0.394 e. The van der Waals surface area contributed by atoms with E-state index in [9.17, 15) is 5.11 Å². The summed E-state index contributed by atoms with van der Waals surface area (Å²) in [6, 6.07) is 30.4. The van der Waals surface area contributed by atoms with E-state index >= 15 is 0 Å². The van der Waals surface area contributed by atoms with Gasteiger partial charge in [-0.2, -0.15) is 0 Å². The number of rotatable bonds is 9. The Labute approximate surface area is 155 Å². The third-order valence-electron chi connectivity index (χ3n) is 4.39. The zero-order valence-electron chi connectivity index (χ0n) is 14.8. The van der Waals surface area contributed by atoms with Crippen molar-refractivity contribution in [1.82, 2.24) is 5.32 Å². The van der Waals surface area contributed by atoms with Crippen molar-refractivity contribution in [2.75, 3.05) is 6.61 Å². The highest BCUT2D eigenvalue weighted by atomic mass is 16.5. The second-order valence-corrected chi connectivity index (χ2v) is 6.27. The lowest BCUT2D eigenvalue weighted by molar-refractivity contribution is -0.0210. The first-order chi connectivity index (χ1) is 12.9. The van der Waals surface area contributed by atoms with Crippen molar-refractivity contribution in [1.29, 1.82) is 0 Å². The molecule has 0 aliphatic carbocycles. The van der Waals surface area contributed by atoms with Crippen LogP contribution in [0.5, 0.6) is 0 Å². The van der Waals surface area contributed by atoms with Crippen LogP contribution in [0.15, 0.2) is 91.0 Å². The summed E-state index contributed by atoms with van der Waals surface area (Å²) in [7, 11) is 0. The van der Waals surface area contributed by atoms with E-state index in [-0.39, 0.29) is 18.8 Å². The van der Waals surface area contributed by atoms with Gasteiger partial charge in [0.25, 0.3) is 0 Å². The van der Waals surface area contributed by atoms with E-state index in [0.717, 1.165) is 11.1 Å². The molecule has 0 unspecified atom stereocenters. The first kappa shape index (κ1) is 18.3. The van der Waals surface area contributed by atoms with Gasteiger partial charge in [0.2, 0.25) is 0 Å². The van der Waals surface area contributed by atoms with E-state index in [4.69, 9.17) is 4.74 Å². The van der Waals surface area contributed by atoms with Crippen LogP contribution in [0, 0.1) is 0 Å². The highest BCUT2D eigenvalue weighted by molar-refractivity contribution is 5.22. The summed E-state index contributed by atoms with van der Waals surface area (Å²) >= 11 is 0. The van der Waals surface area contributed by atoms with Crippen molar-refractivity contribution in [2.24, 2.45) is 0 Å². The molecule has 0 saturated carbocycles. The molecule has 0 aliphatic heterocycles. The molecule has 3 aromatic carbocycles. The SMILES string of the molecule is OC[C@@H](OCc1ccccc1)[C@H](NCc1ccccc1)c1ccccc1. The fourth-order valence-corrected chi connectivity index (χ4v) is 2.98. The monoisotopic (exact) mass is 347 g/mol. The van der Waals surface area contributed by atoms with Crippen LogP contribution in [0.4, 0.5) is 0 Å². The molecule has 0 aliphatic rings. The average Bonchev–Trinajstić information content (AvgIpc) is 2.72. The minimum absolute atomic E-state index is 0.0474. The second kappa shape index (κ2) is 9.88. The van der Waals surface area contributed by atoms with Crippen LogP contribution in [-0.4, -0.2) is 17.8 Å². The van der Waals surface area contributed by atoms with Crippen LogP contribution < -0.4 is 5.32 Å². The summed E-state index contributed by atoms with van der Waals surface area (Å²) in [5, 5.41) is 13.5. The minimum atomic E-state index is -0.332. The van der Waals surface area contributed by atoms with Gasteiger partial charge < -0.3 is 15.2 Å². The topological polar surface area (TPSA) is 41.5 Å². The number of ether oxygens (including phenoxy) is 1. The normalized spacial score (nSPS) is 13.3. The van der Waals surface area contributed by atoms with Crippen molar-refractivity contribution >= 4 is 0 Å². The quantitative estimate of drug-likeness (QED) is 0.612. The van der Waals surface area contributed by atoms with Crippen LogP contribution >= 0.6 is 0 Å². The smallest absolute Gasteiger partial charge is 0.100 e. The zero-order chi connectivity index (χ0) is 18.0. The minimum Gasteiger partial charge on any atom is -0.394 e. The van der Waals surface area contributed by atoms with Gasteiger partial charge in [-0.05, 0) is 16.7 Å². The van der Waals surface area contributed by atoms with Crippen molar-refractivity contribution in [3.63, 3.8) is 0 Å². The van der Waals surface area contributed by atoms with Gasteiger partial charge in [0.15, 0.2) is 0 Å². The number of hydrogen-bond donors (Lipinski definition) is 2. The maximum Gasteiger partial charge on any atom is 0.100 e. The summed E-state index contributed by atoms with van der Waals surface area (Å²) in [4.78, 5) is 0. The maximum atomic E-state index is 9.97. The van der Waals surface area contributed by atoms with E-state index in [0.29, 0.717) is 13.2 Å². The van der Waals surface area contributed by atoms with Gasteiger partial charge in [0, 0.05) is 6.54 Å². The molecule has 0 amide bonds. The predicted molar refractivity (Wildman–Crippen MR) is 105 cm³/mol. The van der Waals surface area contributed by atoms with Crippen molar-refractivity contribution < 1.29 is 9.84 Å². The first-order valence-electron chi connectivity index (χ1n) is 8.95. The molecule has 0 bridgehead atoms. The molecule has 0 fully saturated rings. The standard InChI is InChI=1S/C23H25NO2/c25-17-22(26-18-20-12-6-2-7-13-20)23(21-14-8-3-9-15-21)24-16-19-10-4-1-5-11-19/h1-15,22-25H,16-18H2/t22-,23-/m1/s1. The molecule has 2 N–H and O–H groups in total. The van der Waals surface area contributed by atoms with E-state index in [1.54, 1.807) is 0 Å². The molecule has 3 heteroatoms. The molecule has 0 saturated heterocycles. The fourth-order valence-electron chi connectivity index (χ4n) is 2.98. The Morgan fingerprint density at radius 1 is 0.731 bits per heavy atom. The Morgan fingerprint density at radius 2 is 1.27 bits per heavy atom. The van der Waals surface area contributed by atoms with Crippen LogP contribution in [0.25, 0.3) is 0 Å². The lowest BCUT2D eigenvalue weighted by Crippen LogP contribution is -2.36. The van der Waals surface area contributed by atoms with Crippen molar-refractivity contribution in [3.05, 3.63) is 108 Å². The molecule has 134 valence electrons. The number of nitrogens with one attached hydrogen (secondary N) is 1. The zero-order valence-corrected chi connectivity index (χ0v) is 14.8. The van der Waals surface area contributed by atoms with Crippen LogP contribution in [0.2, 0.25) is 0 Å². The molecule has 2 atom stereocenters. The summed E-state index contributed by atoms with van der Waals surface area (Å²) in [5.41, 5.74) is 3.41. The molecule has 0 radical (unpaired) electrons. The van der Waals surface area contributed by atoms with Gasteiger partial charge in [-0.1, -0.05) is 91.0 Å². The molecular formula is C23H25NO2. The molecule has 0 heterocycles.